The van der Waals surface area contributed by atoms with Gasteiger partial charge in [0.15, 0.2) is 5.82 Å². The van der Waals surface area contributed by atoms with Crippen LogP contribution in [-0.4, -0.2) is 64.4 Å². The van der Waals surface area contributed by atoms with Crippen molar-refractivity contribution in [3.8, 4) is 0 Å². The zero-order valence-corrected chi connectivity index (χ0v) is 23.9. The molecular formula is C27H41N7O3S. The molecule has 0 aliphatic rings. The number of nitrogens with one attached hydrogen (secondary N) is 3. The van der Waals surface area contributed by atoms with E-state index in [2.05, 4.69) is 44.0 Å². The number of aromatic nitrogens is 4. The number of carbonyl (C=O) groups is 1. The molecule has 0 spiro atoms. The van der Waals surface area contributed by atoms with Crippen molar-refractivity contribution in [1.29, 1.82) is 0 Å². The normalized spacial score (nSPS) is 12.7. The summed E-state index contributed by atoms with van der Waals surface area (Å²) in [5, 5.41) is 10.0. The number of nitrogens with zero attached hydrogens (tertiary/aromatic N) is 4. The van der Waals surface area contributed by atoms with E-state index in [1.54, 1.807) is 0 Å². The van der Waals surface area contributed by atoms with Crippen LogP contribution in [0.2, 0.25) is 0 Å². The predicted molar refractivity (Wildman–Crippen MR) is 149 cm³/mol. The molecule has 0 fully saturated rings. The lowest BCUT2D eigenvalue weighted by Crippen LogP contribution is -2.33. The second-order valence-electron chi connectivity index (χ2n) is 9.56. The van der Waals surface area contributed by atoms with E-state index in [1.807, 2.05) is 61.9 Å². The Balaban J connectivity index is 1.68. The van der Waals surface area contributed by atoms with E-state index in [9.17, 15) is 13.2 Å². The third kappa shape index (κ3) is 8.24. The molecule has 10 nitrogen and oxygen atoms in total. The summed E-state index contributed by atoms with van der Waals surface area (Å²) in [7, 11) is -1.63. The third-order valence-electron chi connectivity index (χ3n) is 6.97. The molecule has 3 N–H and O–H groups in total. The molecule has 1 aromatic carbocycles. The highest BCUT2D eigenvalue weighted by Crippen LogP contribution is 2.18. The fourth-order valence-electron chi connectivity index (χ4n) is 4.38. The molecule has 11 heteroatoms. The molecule has 1 amide bonds. The minimum absolute atomic E-state index is 0.0362. The Kier molecular flexibility index (Phi) is 10.6. The number of aromatic amines is 1. The summed E-state index contributed by atoms with van der Waals surface area (Å²) < 4.78 is 30.7. The van der Waals surface area contributed by atoms with Crippen LogP contribution in [0.1, 0.15) is 71.7 Å². The topological polar surface area (TPSA) is 125 Å². The van der Waals surface area contributed by atoms with Crippen LogP contribution in [0.15, 0.2) is 36.4 Å². The summed E-state index contributed by atoms with van der Waals surface area (Å²) in [5.74, 6) is 0.668. The maximum Gasteiger partial charge on any atom is 0.253 e. The highest BCUT2D eigenvalue weighted by Gasteiger charge is 2.24. The highest BCUT2D eigenvalue weighted by atomic mass is 32.2. The van der Waals surface area contributed by atoms with Gasteiger partial charge in [-0.3, -0.25) is 9.89 Å². The van der Waals surface area contributed by atoms with Gasteiger partial charge in [0.05, 0.1) is 23.9 Å². The summed E-state index contributed by atoms with van der Waals surface area (Å²) >= 11 is 0. The monoisotopic (exact) mass is 543 g/mol. The van der Waals surface area contributed by atoms with E-state index in [4.69, 9.17) is 0 Å². The van der Waals surface area contributed by atoms with Crippen LogP contribution in [0.3, 0.4) is 0 Å². The summed E-state index contributed by atoms with van der Waals surface area (Å²) in [6, 6.07) is 11.2. The molecule has 1 atom stereocenters. The first-order chi connectivity index (χ1) is 18.1. The lowest BCUT2D eigenvalue weighted by Gasteiger charge is -2.19. The second kappa shape index (κ2) is 13.7. The predicted octanol–water partition coefficient (Wildman–Crippen LogP) is 3.02. The minimum atomic E-state index is -3.55. The molecule has 2 heterocycles. The number of rotatable bonds is 15. The Bertz CT molecular complexity index is 1280. The number of aryl methyl sites for hydroxylation is 2. The average Bonchev–Trinajstić information content (AvgIpc) is 3.48. The van der Waals surface area contributed by atoms with Gasteiger partial charge in [0, 0.05) is 18.4 Å². The number of hydrogen-bond donors (Lipinski definition) is 3. The van der Waals surface area contributed by atoms with Crippen molar-refractivity contribution in [3.63, 3.8) is 0 Å². The van der Waals surface area contributed by atoms with Gasteiger partial charge in [-0.25, -0.2) is 18.1 Å². The van der Waals surface area contributed by atoms with Crippen LogP contribution in [0.25, 0.3) is 0 Å². The SMILES string of the molecule is CCN(CC)CCCS(=O)(=O)N[C@H](CCc1ccccc1)c1n[nH]c(CNC(=O)c2cc(C)n(C)c2C)n1. The van der Waals surface area contributed by atoms with Crippen molar-refractivity contribution in [2.24, 2.45) is 7.05 Å². The van der Waals surface area contributed by atoms with Gasteiger partial charge in [0.1, 0.15) is 5.82 Å². The lowest BCUT2D eigenvalue weighted by atomic mass is 10.1. The first-order valence-electron chi connectivity index (χ1n) is 13.2. The van der Waals surface area contributed by atoms with E-state index in [0.29, 0.717) is 36.5 Å². The highest BCUT2D eigenvalue weighted by molar-refractivity contribution is 7.89. The van der Waals surface area contributed by atoms with Crippen molar-refractivity contribution in [3.05, 3.63) is 70.6 Å². The Morgan fingerprint density at radius 3 is 2.50 bits per heavy atom. The molecule has 0 saturated carbocycles. The number of hydrogen-bond acceptors (Lipinski definition) is 6. The van der Waals surface area contributed by atoms with E-state index in [1.165, 1.54) is 0 Å². The maximum absolute atomic E-state index is 13.0. The number of sulfonamides is 1. The molecule has 0 aliphatic heterocycles. The molecule has 2 aromatic heterocycles. The van der Waals surface area contributed by atoms with Crippen molar-refractivity contribution >= 4 is 15.9 Å². The molecule has 38 heavy (non-hydrogen) atoms. The molecule has 0 unspecified atom stereocenters. The summed E-state index contributed by atoms with van der Waals surface area (Å²) in [6.07, 6.45) is 1.72. The largest absolute Gasteiger partial charge is 0.351 e. The van der Waals surface area contributed by atoms with Crippen molar-refractivity contribution in [2.45, 2.75) is 59.5 Å². The van der Waals surface area contributed by atoms with E-state index < -0.39 is 16.1 Å². The van der Waals surface area contributed by atoms with Crippen LogP contribution in [0.4, 0.5) is 0 Å². The zero-order valence-electron chi connectivity index (χ0n) is 23.1. The third-order valence-corrected chi connectivity index (χ3v) is 8.43. The van der Waals surface area contributed by atoms with E-state index in [0.717, 1.165) is 36.6 Å². The van der Waals surface area contributed by atoms with Gasteiger partial charge in [-0.2, -0.15) is 5.10 Å². The van der Waals surface area contributed by atoms with Gasteiger partial charge >= 0.3 is 0 Å². The molecule has 3 rings (SSSR count). The minimum Gasteiger partial charge on any atom is -0.351 e. The van der Waals surface area contributed by atoms with Crippen molar-refractivity contribution < 1.29 is 13.2 Å². The average molecular weight is 544 g/mol. The van der Waals surface area contributed by atoms with Crippen LogP contribution in [-0.2, 0) is 30.0 Å². The number of amides is 1. The summed E-state index contributed by atoms with van der Waals surface area (Å²) in [5.41, 5.74) is 3.60. The Labute approximate surface area is 226 Å². The van der Waals surface area contributed by atoms with Crippen LogP contribution >= 0.6 is 0 Å². The summed E-state index contributed by atoms with van der Waals surface area (Å²) in [4.78, 5) is 19.4. The number of carbonyl (C=O) groups excluding carboxylic acids is 1. The first kappa shape index (κ1) is 29.5. The Morgan fingerprint density at radius 1 is 1.16 bits per heavy atom. The molecule has 0 aliphatic carbocycles. The Morgan fingerprint density at radius 2 is 1.87 bits per heavy atom. The first-order valence-corrected chi connectivity index (χ1v) is 14.9. The van der Waals surface area contributed by atoms with E-state index in [-0.39, 0.29) is 18.2 Å². The van der Waals surface area contributed by atoms with Gasteiger partial charge in [0.25, 0.3) is 5.91 Å². The smallest absolute Gasteiger partial charge is 0.253 e. The Hall–Kier alpha value is -3.02. The second-order valence-corrected chi connectivity index (χ2v) is 11.4. The number of H-pyrrole nitrogens is 1. The summed E-state index contributed by atoms with van der Waals surface area (Å²) in [6.45, 7) is 10.7. The fourth-order valence-corrected chi connectivity index (χ4v) is 5.66. The molecule has 0 radical (unpaired) electrons. The fraction of sp³-hybridized carbons (Fsp3) is 0.519. The van der Waals surface area contributed by atoms with Gasteiger partial charge in [0.2, 0.25) is 10.0 Å². The van der Waals surface area contributed by atoms with Crippen LogP contribution in [0.5, 0.6) is 0 Å². The maximum atomic E-state index is 13.0. The van der Waals surface area contributed by atoms with Gasteiger partial charge < -0.3 is 14.8 Å². The van der Waals surface area contributed by atoms with Crippen LogP contribution < -0.4 is 10.0 Å². The van der Waals surface area contributed by atoms with Gasteiger partial charge in [-0.1, -0.05) is 44.2 Å². The molecular weight excluding hydrogens is 502 g/mol. The quantitative estimate of drug-likeness (QED) is 0.271. The van der Waals surface area contributed by atoms with Gasteiger partial charge in [-0.15, -0.1) is 0 Å². The standard InChI is InChI=1S/C27H41N7O3S/c1-6-34(7-2)16-11-17-38(36,37)32-24(15-14-22-12-9-8-10-13-22)26-29-25(30-31-26)19-28-27(35)23-18-20(3)33(5)21(23)4/h8-10,12-13,18,24,32H,6-7,11,14-17,19H2,1-5H3,(H,28,35)(H,29,30,31)/t24-/m1/s1. The number of benzene rings is 1. The molecule has 208 valence electrons. The molecule has 3 aromatic rings. The zero-order chi connectivity index (χ0) is 27.7. The van der Waals surface area contributed by atoms with Crippen molar-refractivity contribution in [2.75, 3.05) is 25.4 Å². The van der Waals surface area contributed by atoms with Gasteiger partial charge in [-0.05, 0) is 64.4 Å². The van der Waals surface area contributed by atoms with Crippen molar-refractivity contribution in [1.82, 2.24) is 34.7 Å². The lowest BCUT2D eigenvalue weighted by molar-refractivity contribution is 0.0949. The van der Waals surface area contributed by atoms with E-state index >= 15 is 0 Å². The van der Waals surface area contributed by atoms with Crippen LogP contribution in [0, 0.1) is 13.8 Å². The molecule has 0 bridgehead atoms. The molecule has 0 saturated heterocycles.